The number of hydrogen-bond donors (Lipinski definition) is 1. The Bertz CT molecular complexity index is 904. The second-order valence-electron chi connectivity index (χ2n) is 7.31. The third-order valence-electron chi connectivity index (χ3n) is 4.48. The highest BCUT2D eigenvalue weighted by molar-refractivity contribution is 6.30. The van der Waals surface area contributed by atoms with Gasteiger partial charge in [0.25, 0.3) is 0 Å². The average molecular weight is 402 g/mol. The quantitative estimate of drug-likeness (QED) is 0.569. The topological polar surface area (TPSA) is 77.6 Å². The van der Waals surface area contributed by atoms with Crippen LogP contribution in [-0.4, -0.2) is 22.2 Å². The summed E-state index contributed by atoms with van der Waals surface area (Å²) in [5, 5.41) is 0.547. The van der Waals surface area contributed by atoms with E-state index in [0.717, 1.165) is 11.1 Å². The number of fused-ring (bicyclic) bond motifs is 1. The van der Waals surface area contributed by atoms with E-state index < -0.39 is 11.1 Å². The van der Waals surface area contributed by atoms with Gasteiger partial charge < -0.3 is 10.5 Å². The molecule has 1 unspecified atom stereocenters. The largest absolute Gasteiger partial charge is 0.487 e. The summed E-state index contributed by atoms with van der Waals surface area (Å²) in [6, 6.07) is 7.55. The number of Topliss-reactive ketones (excluding diaryl/α,β-unsaturated/α-hetero) is 1. The van der Waals surface area contributed by atoms with Crippen LogP contribution in [0, 0.1) is 0 Å². The van der Waals surface area contributed by atoms with Crippen molar-refractivity contribution in [2.75, 3.05) is 0 Å². The van der Waals surface area contributed by atoms with Gasteiger partial charge in [-0.05, 0) is 51.5 Å². The smallest absolute Gasteiger partial charge is 0.162 e. The van der Waals surface area contributed by atoms with Crippen LogP contribution in [0.15, 0.2) is 41.7 Å². The Morgan fingerprint density at radius 3 is 2.43 bits per heavy atom. The van der Waals surface area contributed by atoms with Crippen molar-refractivity contribution in [3.63, 3.8) is 0 Å². The zero-order chi connectivity index (χ0) is 21.1. The molecule has 0 radical (unpaired) electrons. The number of aromatic nitrogens is 1. The summed E-state index contributed by atoms with van der Waals surface area (Å²) in [5.41, 5.74) is 6.73. The summed E-state index contributed by atoms with van der Waals surface area (Å²) in [5.74, 6) is 0.931. The number of aliphatic imine (C=N–C) groups is 1. The highest BCUT2D eigenvalue weighted by Crippen LogP contribution is 2.48. The number of benzene rings is 1. The lowest BCUT2D eigenvalue weighted by Gasteiger charge is -2.42. The SMILES string of the molecule is CC.CC(=O)C1(N=C(C)N)CC(C)(C)Oc2ccc(-c3cncc(Cl)c3)cc21. The molecule has 3 rings (SSSR count). The van der Waals surface area contributed by atoms with Crippen LogP contribution in [-0.2, 0) is 10.3 Å². The number of amidine groups is 1. The summed E-state index contributed by atoms with van der Waals surface area (Å²) in [4.78, 5) is 21.5. The molecule has 0 aliphatic carbocycles. The van der Waals surface area contributed by atoms with Crippen LogP contribution in [0.2, 0.25) is 5.02 Å². The molecule has 1 aromatic heterocycles. The van der Waals surface area contributed by atoms with Gasteiger partial charge in [0.15, 0.2) is 11.3 Å². The van der Waals surface area contributed by atoms with Crippen molar-refractivity contribution >= 4 is 23.2 Å². The van der Waals surface area contributed by atoms with Gasteiger partial charge in [-0.25, -0.2) is 0 Å². The molecule has 6 heteroatoms. The van der Waals surface area contributed by atoms with Gasteiger partial charge in [0, 0.05) is 29.9 Å². The zero-order valence-corrected chi connectivity index (χ0v) is 18.1. The predicted octanol–water partition coefficient (Wildman–Crippen LogP) is 5.15. The Morgan fingerprint density at radius 1 is 1.18 bits per heavy atom. The number of pyridine rings is 1. The van der Waals surface area contributed by atoms with E-state index in [9.17, 15) is 4.79 Å². The first-order valence-electron chi connectivity index (χ1n) is 9.40. The van der Waals surface area contributed by atoms with Gasteiger partial charge in [-0.15, -0.1) is 0 Å². The van der Waals surface area contributed by atoms with E-state index in [2.05, 4.69) is 9.98 Å². The number of rotatable bonds is 3. The Morgan fingerprint density at radius 2 is 1.86 bits per heavy atom. The molecule has 0 bridgehead atoms. The van der Waals surface area contributed by atoms with E-state index in [1.165, 1.54) is 0 Å². The number of nitrogens with two attached hydrogens (primary N) is 1. The lowest BCUT2D eigenvalue weighted by Crippen LogP contribution is -2.47. The molecule has 1 atom stereocenters. The fourth-order valence-electron chi connectivity index (χ4n) is 3.53. The summed E-state index contributed by atoms with van der Waals surface area (Å²) >= 11 is 6.07. The van der Waals surface area contributed by atoms with Gasteiger partial charge >= 0.3 is 0 Å². The maximum Gasteiger partial charge on any atom is 0.162 e. The van der Waals surface area contributed by atoms with Crippen LogP contribution < -0.4 is 10.5 Å². The molecule has 150 valence electrons. The monoisotopic (exact) mass is 401 g/mol. The maximum atomic E-state index is 12.8. The minimum absolute atomic E-state index is 0.0682. The summed E-state index contributed by atoms with van der Waals surface area (Å²) in [7, 11) is 0. The number of halogens is 1. The Labute approximate surface area is 172 Å². The average Bonchev–Trinajstić information content (AvgIpc) is 2.61. The normalized spacial score (nSPS) is 20.3. The van der Waals surface area contributed by atoms with Gasteiger partial charge in [0.1, 0.15) is 11.4 Å². The van der Waals surface area contributed by atoms with Crippen molar-refractivity contribution in [2.45, 2.75) is 59.1 Å². The van der Waals surface area contributed by atoms with Gasteiger partial charge in [0.05, 0.1) is 10.9 Å². The second-order valence-corrected chi connectivity index (χ2v) is 7.75. The Kier molecular flexibility index (Phi) is 6.50. The van der Waals surface area contributed by atoms with Crippen molar-refractivity contribution in [3.8, 4) is 16.9 Å². The molecule has 1 aliphatic rings. The molecule has 2 aromatic rings. The molecule has 0 saturated heterocycles. The van der Waals surface area contributed by atoms with Crippen LogP contribution in [0.3, 0.4) is 0 Å². The minimum atomic E-state index is -1.07. The molecule has 28 heavy (non-hydrogen) atoms. The molecule has 5 nitrogen and oxygen atoms in total. The van der Waals surface area contributed by atoms with Crippen molar-refractivity contribution in [3.05, 3.63) is 47.2 Å². The molecule has 0 saturated carbocycles. The first-order chi connectivity index (χ1) is 13.1. The third-order valence-corrected chi connectivity index (χ3v) is 4.69. The zero-order valence-electron chi connectivity index (χ0n) is 17.3. The summed E-state index contributed by atoms with van der Waals surface area (Å²) < 4.78 is 6.12. The Hall–Kier alpha value is -2.40. The third kappa shape index (κ3) is 4.36. The van der Waals surface area contributed by atoms with Crippen molar-refractivity contribution in [1.29, 1.82) is 0 Å². The van der Waals surface area contributed by atoms with Crippen LogP contribution in [0.1, 0.15) is 53.5 Å². The van der Waals surface area contributed by atoms with E-state index in [1.807, 2.05) is 52.0 Å². The Balaban J connectivity index is 0.00000136. The second kappa shape index (κ2) is 8.31. The molecular weight excluding hydrogens is 374 g/mol. The van der Waals surface area contributed by atoms with Crippen LogP contribution in [0.5, 0.6) is 5.75 Å². The predicted molar refractivity (Wildman–Crippen MR) is 115 cm³/mol. The lowest BCUT2D eigenvalue weighted by molar-refractivity contribution is -0.125. The number of carbonyl (C=O) groups excluding carboxylic acids is 1. The molecule has 1 aliphatic heterocycles. The number of hydrogen-bond acceptors (Lipinski definition) is 4. The van der Waals surface area contributed by atoms with Crippen molar-refractivity contribution in [1.82, 2.24) is 4.98 Å². The van der Waals surface area contributed by atoms with Gasteiger partial charge in [-0.2, -0.15) is 0 Å². The molecular formula is C22H28ClN3O2. The molecule has 2 N–H and O–H groups in total. The summed E-state index contributed by atoms with van der Waals surface area (Å²) in [6.45, 7) is 11.1. The van der Waals surface area contributed by atoms with E-state index in [-0.39, 0.29) is 5.78 Å². The van der Waals surface area contributed by atoms with E-state index in [1.54, 1.807) is 26.2 Å². The number of carbonyl (C=O) groups is 1. The van der Waals surface area contributed by atoms with Crippen LogP contribution in [0.4, 0.5) is 0 Å². The molecule has 0 spiro atoms. The standard InChI is InChI=1S/C20H22ClN3O2.C2H6/c1-12(25)20(24-13(2)22)11-19(3,4)26-18-6-5-14(8-17(18)20)15-7-16(21)10-23-9-15;1-2/h5-10H,11H2,1-4H3,(H2,22,24);1-2H3. The van der Waals surface area contributed by atoms with Gasteiger partial charge in [0.2, 0.25) is 0 Å². The van der Waals surface area contributed by atoms with Crippen molar-refractivity contribution in [2.24, 2.45) is 10.7 Å². The lowest BCUT2D eigenvalue weighted by atomic mass is 9.75. The number of nitrogens with zero attached hydrogens (tertiary/aromatic N) is 2. The molecule has 0 amide bonds. The van der Waals surface area contributed by atoms with Gasteiger partial charge in [-0.3, -0.25) is 14.8 Å². The highest BCUT2D eigenvalue weighted by atomic mass is 35.5. The first kappa shape index (κ1) is 21.9. The van der Waals surface area contributed by atoms with Crippen LogP contribution >= 0.6 is 11.6 Å². The van der Waals surface area contributed by atoms with E-state index in [4.69, 9.17) is 22.1 Å². The fourth-order valence-corrected chi connectivity index (χ4v) is 3.70. The van der Waals surface area contributed by atoms with Crippen LogP contribution in [0.25, 0.3) is 11.1 Å². The fraction of sp³-hybridized carbons (Fsp3) is 0.409. The van der Waals surface area contributed by atoms with Crippen molar-refractivity contribution < 1.29 is 9.53 Å². The highest BCUT2D eigenvalue weighted by Gasteiger charge is 2.49. The summed E-state index contributed by atoms with van der Waals surface area (Å²) in [6.07, 6.45) is 3.72. The molecule has 0 fully saturated rings. The number of ether oxygens (including phenoxy) is 1. The van der Waals surface area contributed by atoms with E-state index >= 15 is 0 Å². The number of ketones is 1. The molecule has 2 heterocycles. The maximum absolute atomic E-state index is 12.8. The minimum Gasteiger partial charge on any atom is -0.487 e. The molecule has 1 aromatic carbocycles. The van der Waals surface area contributed by atoms with Gasteiger partial charge in [-0.1, -0.05) is 31.5 Å². The first-order valence-corrected chi connectivity index (χ1v) is 9.78. The van der Waals surface area contributed by atoms with E-state index in [0.29, 0.717) is 28.6 Å².